The average Bonchev–Trinajstić information content (AvgIpc) is 2.66. The number of nitrogens with zero attached hydrogens (tertiary/aromatic N) is 1. The molecule has 0 aliphatic heterocycles. The Morgan fingerprint density at radius 3 is 2.42 bits per heavy atom. The maximum absolute atomic E-state index is 12.4. The number of halogens is 1. The topological polar surface area (TPSA) is 76.7 Å². The van der Waals surface area contributed by atoms with Crippen molar-refractivity contribution in [2.75, 3.05) is 14.2 Å². The molecule has 1 aromatic carbocycles. The van der Waals surface area contributed by atoms with Crippen molar-refractivity contribution in [1.82, 2.24) is 0 Å². The van der Waals surface area contributed by atoms with Crippen LogP contribution in [0.2, 0.25) is 0 Å². The minimum atomic E-state index is -1.01. The summed E-state index contributed by atoms with van der Waals surface area (Å²) in [5.41, 5.74) is 0.471. The summed E-state index contributed by atoms with van der Waals surface area (Å²) in [6, 6.07) is 7.63. The summed E-state index contributed by atoms with van der Waals surface area (Å²) in [7, 11) is 2.32. The van der Waals surface area contributed by atoms with E-state index in [1.807, 2.05) is 24.3 Å². The van der Waals surface area contributed by atoms with Crippen LogP contribution < -0.4 is 4.57 Å². The monoisotopic (exact) mass is 422 g/mol. The number of esters is 2. The maximum Gasteiger partial charge on any atom is 0.408 e. The van der Waals surface area contributed by atoms with E-state index in [2.05, 4.69) is 27.6 Å². The molecule has 6 nitrogen and oxygen atoms in total. The van der Waals surface area contributed by atoms with E-state index in [-0.39, 0.29) is 5.70 Å². The van der Waals surface area contributed by atoms with Gasteiger partial charge >= 0.3 is 17.6 Å². The summed E-state index contributed by atoms with van der Waals surface area (Å²) in [4.78, 5) is 24.2. The zero-order valence-electron chi connectivity index (χ0n) is 14.9. The summed E-state index contributed by atoms with van der Waals surface area (Å²) in [5.74, 6) is -2.65. The highest BCUT2D eigenvalue weighted by Crippen LogP contribution is 2.27. The molecule has 0 aliphatic carbocycles. The van der Waals surface area contributed by atoms with Crippen LogP contribution in [-0.2, 0) is 25.5 Å². The van der Waals surface area contributed by atoms with Crippen LogP contribution in [0.15, 0.2) is 40.7 Å². The first-order valence-corrected chi connectivity index (χ1v) is 8.97. The highest BCUT2D eigenvalue weighted by molar-refractivity contribution is 9.10. The first-order chi connectivity index (χ1) is 12.5. The standard InChI is InChI=1S/C19H20BrNO5/c1-4-5-10-14-15(20)13-9-7-6-8-12(13)11-21(14)16(18(23)25-2)17(22)19(24)26-3/h6-9,11H,4-5,10H2,1-3H3/p+1. The van der Waals surface area contributed by atoms with Crippen molar-refractivity contribution >= 4 is 44.3 Å². The number of aromatic nitrogens is 1. The molecule has 138 valence electrons. The van der Waals surface area contributed by atoms with E-state index in [9.17, 15) is 14.7 Å². The molecule has 0 saturated carbocycles. The molecule has 0 bridgehead atoms. The van der Waals surface area contributed by atoms with Gasteiger partial charge in [-0.2, -0.15) is 4.57 Å². The highest BCUT2D eigenvalue weighted by Gasteiger charge is 2.35. The van der Waals surface area contributed by atoms with E-state index in [1.165, 1.54) is 11.7 Å². The van der Waals surface area contributed by atoms with Crippen molar-refractivity contribution in [1.29, 1.82) is 0 Å². The van der Waals surface area contributed by atoms with Crippen LogP contribution in [0.5, 0.6) is 0 Å². The number of unbranched alkanes of at least 4 members (excludes halogenated alkanes) is 1. The number of methoxy groups -OCH3 is 2. The Hall–Kier alpha value is -2.41. The lowest BCUT2D eigenvalue weighted by Crippen LogP contribution is -2.43. The van der Waals surface area contributed by atoms with Crippen molar-refractivity contribution in [2.45, 2.75) is 26.2 Å². The predicted octanol–water partition coefficient (Wildman–Crippen LogP) is 3.31. The van der Waals surface area contributed by atoms with Gasteiger partial charge in [-0.05, 0) is 28.4 Å². The lowest BCUT2D eigenvalue weighted by molar-refractivity contribution is -0.587. The number of rotatable bonds is 6. The van der Waals surface area contributed by atoms with Crippen molar-refractivity contribution in [3.05, 3.63) is 46.4 Å². The van der Waals surface area contributed by atoms with Gasteiger partial charge in [-0.3, -0.25) is 0 Å². The van der Waals surface area contributed by atoms with E-state index >= 15 is 0 Å². The molecular weight excluding hydrogens is 402 g/mol. The fourth-order valence-electron chi connectivity index (χ4n) is 2.66. The Balaban J connectivity index is 2.86. The Bertz CT molecular complexity index is 876. The van der Waals surface area contributed by atoms with E-state index in [4.69, 9.17) is 4.74 Å². The molecule has 0 spiro atoms. The summed E-state index contributed by atoms with van der Waals surface area (Å²) in [5, 5.41) is 12.1. The molecule has 0 amide bonds. The third-order valence-corrected chi connectivity index (χ3v) is 4.88. The van der Waals surface area contributed by atoms with E-state index in [0.717, 1.165) is 40.9 Å². The van der Waals surface area contributed by atoms with Gasteiger partial charge in [0.1, 0.15) is 0 Å². The third kappa shape index (κ3) is 3.88. The summed E-state index contributed by atoms with van der Waals surface area (Å²) >= 11 is 3.61. The highest BCUT2D eigenvalue weighted by atomic mass is 79.9. The zero-order valence-corrected chi connectivity index (χ0v) is 16.5. The maximum atomic E-state index is 12.4. The number of carbonyl (C=O) groups excluding carboxylic acids is 2. The Morgan fingerprint density at radius 2 is 1.81 bits per heavy atom. The van der Waals surface area contributed by atoms with Gasteiger partial charge in [0.05, 0.1) is 18.7 Å². The summed E-state index contributed by atoms with van der Waals surface area (Å²) < 4.78 is 11.7. The number of benzene rings is 1. The van der Waals surface area contributed by atoms with Crippen LogP contribution in [0.1, 0.15) is 25.5 Å². The number of fused-ring (bicyclic) bond motifs is 1. The second-order valence-corrected chi connectivity index (χ2v) is 6.42. The van der Waals surface area contributed by atoms with Crippen LogP contribution in [0.4, 0.5) is 0 Å². The van der Waals surface area contributed by atoms with Gasteiger partial charge in [0.15, 0.2) is 6.20 Å². The van der Waals surface area contributed by atoms with Gasteiger partial charge in [-0.15, -0.1) is 0 Å². The van der Waals surface area contributed by atoms with Crippen molar-refractivity contribution < 1.29 is 28.7 Å². The number of ether oxygens (including phenoxy) is 2. The smallest absolute Gasteiger partial charge is 0.408 e. The third-order valence-electron chi connectivity index (χ3n) is 4.00. The van der Waals surface area contributed by atoms with E-state index < -0.39 is 17.7 Å². The molecule has 1 N–H and O–H groups in total. The Kier molecular flexibility index (Phi) is 6.74. The second kappa shape index (κ2) is 8.80. The van der Waals surface area contributed by atoms with Crippen molar-refractivity contribution in [2.24, 2.45) is 0 Å². The minimum Gasteiger partial charge on any atom is -0.497 e. The number of hydrogen-bond acceptors (Lipinski definition) is 5. The molecule has 7 heteroatoms. The van der Waals surface area contributed by atoms with Crippen LogP contribution in [0, 0.1) is 0 Å². The minimum absolute atomic E-state index is 0.281. The van der Waals surface area contributed by atoms with Gasteiger partial charge in [0.2, 0.25) is 5.69 Å². The number of hydrogen-bond donors (Lipinski definition) is 1. The molecule has 0 saturated heterocycles. The normalized spacial score (nSPS) is 11.8. The molecule has 2 rings (SSSR count). The lowest BCUT2D eigenvalue weighted by atomic mass is 10.1. The van der Waals surface area contributed by atoms with Crippen LogP contribution in [0.25, 0.3) is 16.5 Å². The van der Waals surface area contributed by atoms with Crippen molar-refractivity contribution in [3.63, 3.8) is 0 Å². The largest absolute Gasteiger partial charge is 0.497 e. The molecule has 0 aliphatic rings. The average molecular weight is 423 g/mol. The predicted molar refractivity (Wildman–Crippen MR) is 100 cm³/mol. The lowest BCUT2D eigenvalue weighted by Gasteiger charge is -2.10. The molecule has 0 unspecified atom stereocenters. The van der Waals surface area contributed by atoms with Gasteiger partial charge in [-0.1, -0.05) is 31.5 Å². The van der Waals surface area contributed by atoms with Crippen molar-refractivity contribution in [3.8, 4) is 0 Å². The quantitative estimate of drug-likeness (QED) is 0.334. The first kappa shape index (κ1) is 19.9. The molecule has 1 aromatic heterocycles. The molecule has 1 heterocycles. The van der Waals surface area contributed by atoms with Crippen LogP contribution in [-0.4, -0.2) is 31.3 Å². The number of pyridine rings is 1. The molecule has 0 radical (unpaired) electrons. The molecule has 0 fully saturated rings. The fraction of sp³-hybridized carbons (Fsp3) is 0.316. The molecule has 26 heavy (non-hydrogen) atoms. The number of aliphatic hydroxyl groups excluding tert-OH is 1. The zero-order chi connectivity index (χ0) is 19.3. The summed E-state index contributed by atoms with van der Waals surface area (Å²) in [6.45, 7) is 2.06. The fourth-order valence-corrected chi connectivity index (χ4v) is 3.41. The Morgan fingerprint density at radius 1 is 1.15 bits per heavy atom. The SMILES string of the molecule is CCCCc1c(Br)c2ccccc2c[n+]1/C(C(=O)OC)=C(\O)C(=O)OC. The van der Waals surface area contributed by atoms with Gasteiger partial charge in [-0.25, -0.2) is 9.59 Å². The van der Waals surface area contributed by atoms with Crippen LogP contribution >= 0.6 is 15.9 Å². The van der Waals surface area contributed by atoms with Gasteiger partial charge in [0.25, 0.3) is 5.76 Å². The molecular formula is C19H21BrNO5+. The number of aliphatic hydroxyl groups is 1. The Labute approximate surface area is 160 Å². The van der Waals surface area contributed by atoms with E-state index in [1.54, 1.807) is 6.20 Å². The van der Waals surface area contributed by atoms with E-state index in [0.29, 0.717) is 6.42 Å². The number of carbonyl (C=O) groups is 2. The molecule has 0 atom stereocenters. The second-order valence-electron chi connectivity index (χ2n) is 5.63. The molecule has 2 aromatic rings. The summed E-state index contributed by atoms with van der Waals surface area (Å²) in [6.07, 6.45) is 4.15. The van der Waals surface area contributed by atoms with Gasteiger partial charge < -0.3 is 14.6 Å². The van der Waals surface area contributed by atoms with Crippen LogP contribution in [0.3, 0.4) is 0 Å². The van der Waals surface area contributed by atoms with Gasteiger partial charge in [0, 0.05) is 17.2 Å². The first-order valence-electron chi connectivity index (χ1n) is 8.18.